The molecule has 20 heavy (non-hydrogen) atoms. The lowest BCUT2D eigenvalue weighted by Crippen LogP contribution is -2.22. The molecule has 7 heteroatoms. The van der Waals surface area contributed by atoms with Gasteiger partial charge in [-0.1, -0.05) is 6.07 Å². The third-order valence-electron chi connectivity index (χ3n) is 2.95. The van der Waals surface area contributed by atoms with Crippen LogP contribution < -0.4 is 10.1 Å². The molecule has 0 aliphatic carbocycles. The van der Waals surface area contributed by atoms with Crippen molar-refractivity contribution in [2.75, 3.05) is 12.3 Å². The number of rotatable bonds is 5. The average Bonchev–Trinajstić information content (AvgIpc) is 2.84. The summed E-state index contributed by atoms with van der Waals surface area (Å²) in [5, 5.41) is 3.99. The Hall–Kier alpha value is -0.400. The smallest absolute Gasteiger partial charge is 0.405 e. The molecule has 0 bridgehead atoms. The van der Waals surface area contributed by atoms with Crippen LogP contribution in [0.1, 0.15) is 18.4 Å². The molecule has 1 fully saturated rings. The van der Waals surface area contributed by atoms with Gasteiger partial charge in [-0.3, -0.25) is 0 Å². The minimum atomic E-state index is -4.66. The fourth-order valence-corrected chi connectivity index (χ4v) is 3.79. The van der Waals surface area contributed by atoms with E-state index in [9.17, 15) is 13.2 Å². The van der Waals surface area contributed by atoms with Crippen molar-refractivity contribution in [3.63, 3.8) is 0 Å². The molecule has 1 unspecified atom stereocenters. The summed E-state index contributed by atoms with van der Waals surface area (Å²) in [6, 6.07) is 4.62. The molecule has 1 aromatic rings. The van der Waals surface area contributed by atoms with Gasteiger partial charge in [-0.2, -0.15) is 11.8 Å². The van der Waals surface area contributed by atoms with E-state index in [4.69, 9.17) is 0 Å². The number of nitrogens with one attached hydrogen (secondary N) is 1. The maximum absolute atomic E-state index is 12.1. The molecule has 112 valence electrons. The van der Waals surface area contributed by atoms with Gasteiger partial charge in [0.05, 0.1) is 4.47 Å². The first kappa shape index (κ1) is 16.0. The molecule has 1 saturated heterocycles. The van der Waals surface area contributed by atoms with E-state index < -0.39 is 6.36 Å². The number of halogens is 4. The lowest BCUT2D eigenvalue weighted by Gasteiger charge is -2.13. The van der Waals surface area contributed by atoms with Crippen LogP contribution in [0.15, 0.2) is 22.7 Å². The minimum absolute atomic E-state index is 0.215. The summed E-state index contributed by atoms with van der Waals surface area (Å²) in [6.45, 7) is 1.57. The van der Waals surface area contributed by atoms with Gasteiger partial charge in [-0.25, -0.2) is 0 Å². The van der Waals surface area contributed by atoms with Gasteiger partial charge in [0, 0.05) is 18.3 Å². The van der Waals surface area contributed by atoms with Crippen LogP contribution in [-0.2, 0) is 6.54 Å². The van der Waals surface area contributed by atoms with Gasteiger partial charge in [-0.15, -0.1) is 13.2 Å². The zero-order chi connectivity index (χ0) is 14.6. The zero-order valence-corrected chi connectivity index (χ0v) is 13.1. The molecule has 0 radical (unpaired) electrons. The Labute approximate surface area is 128 Å². The molecule has 1 N–H and O–H groups in total. The second-order valence-corrected chi connectivity index (χ2v) is 6.84. The van der Waals surface area contributed by atoms with Gasteiger partial charge < -0.3 is 10.1 Å². The average molecular weight is 370 g/mol. The normalized spacial score (nSPS) is 19.3. The van der Waals surface area contributed by atoms with Crippen molar-refractivity contribution in [2.45, 2.75) is 31.0 Å². The monoisotopic (exact) mass is 369 g/mol. The number of thioether (sulfide) groups is 1. The Morgan fingerprint density at radius 1 is 1.40 bits per heavy atom. The summed E-state index contributed by atoms with van der Waals surface area (Å²) in [7, 11) is 0. The SMILES string of the molecule is FC(F)(F)Oc1ccc(CNCC2CCCS2)cc1Br. The molecule has 1 aliphatic heterocycles. The van der Waals surface area contributed by atoms with Gasteiger partial charge in [0.15, 0.2) is 0 Å². The molecular formula is C13H15BrF3NOS. The van der Waals surface area contributed by atoms with Crippen LogP contribution in [0.3, 0.4) is 0 Å². The molecular weight excluding hydrogens is 355 g/mol. The Morgan fingerprint density at radius 3 is 2.80 bits per heavy atom. The van der Waals surface area contributed by atoms with E-state index in [0.717, 1.165) is 12.1 Å². The fourth-order valence-electron chi connectivity index (χ4n) is 2.04. The molecule has 1 atom stereocenters. The van der Waals surface area contributed by atoms with E-state index in [2.05, 4.69) is 26.0 Å². The zero-order valence-electron chi connectivity index (χ0n) is 10.7. The van der Waals surface area contributed by atoms with Crippen molar-refractivity contribution in [2.24, 2.45) is 0 Å². The first-order chi connectivity index (χ1) is 9.44. The number of benzene rings is 1. The van der Waals surface area contributed by atoms with Crippen molar-refractivity contribution in [1.82, 2.24) is 5.32 Å². The van der Waals surface area contributed by atoms with Crippen LogP contribution in [0.25, 0.3) is 0 Å². The molecule has 0 spiro atoms. The second-order valence-electron chi connectivity index (χ2n) is 4.58. The summed E-state index contributed by atoms with van der Waals surface area (Å²) in [5.41, 5.74) is 0.925. The lowest BCUT2D eigenvalue weighted by atomic mass is 10.2. The van der Waals surface area contributed by atoms with Crippen molar-refractivity contribution >= 4 is 27.7 Å². The minimum Gasteiger partial charge on any atom is -0.405 e. The summed E-state index contributed by atoms with van der Waals surface area (Å²) < 4.78 is 40.6. The van der Waals surface area contributed by atoms with Gasteiger partial charge in [0.1, 0.15) is 5.75 Å². The molecule has 1 aliphatic rings. The van der Waals surface area contributed by atoms with Crippen molar-refractivity contribution in [1.29, 1.82) is 0 Å². The molecule has 1 heterocycles. The van der Waals surface area contributed by atoms with Crippen LogP contribution in [0.2, 0.25) is 0 Å². The van der Waals surface area contributed by atoms with E-state index in [1.807, 2.05) is 11.8 Å². The van der Waals surface area contributed by atoms with Gasteiger partial charge in [0.25, 0.3) is 0 Å². The highest BCUT2D eigenvalue weighted by atomic mass is 79.9. The maximum Gasteiger partial charge on any atom is 0.573 e. The molecule has 0 saturated carbocycles. The van der Waals surface area contributed by atoms with E-state index in [-0.39, 0.29) is 5.75 Å². The first-order valence-electron chi connectivity index (χ1n) is 6.30. The predicted molar refractivity (Wildman–Crippen MR) is 78.0 cm³/mol. The van der Waals surface area contributed by atoms with Gasteiger partial charge >= 0.3 is 6.36 Å². The summed E-state index contributed by atoms with van der Waals surface area (Å²) in [5.74, 6) is 1.01. The first-order valence-corrected chi connectivity index (χ1v) is 8.15. The Bertz CT molecular complexity index is 450. The van der Waals surface area contributed by atoms with E-state index in [1.165, 1.54) is 24.7 Å². The molecule has 0 amide bonds. The highest BCUT2D eigenvalue weighted by molar-refractivity contribution is 9.10. The summed E-state index contributed by atoms with van der Waals surface area (Å²) >= 11 is 5.07. The van der Waals surface area contributed by atoms with Crippen molar-refractivity contribution in [3.8, 4) is 5.75 Å². The number of hydrogen-bond acceptors (Lipinski definition) is 3. The Balaban J connectivity index is 1.85. The van der Waals surface area contributed by atoms with Gasteiger partial charge in [0.2, 0.25) is 0 Å². The third-order valence-corrected chi connectivity index (χ3v) is 4.96. The molecule has 1 aromatic carbocycles. The maximum atomic E-state index is 12.1. The largest absolute Gasteiger partial charge is 0.573 e. The quantitative estimate of drug-likeness (QED) is 0.834. The third kappa shape index (κ3) is 5.18. The van der Waals surface area contributed by atoms with Crippen molar-refractivity contribution in [3.05, 3.63) is 28.2 Å². The fraction of sp³-hybridized carbons (Fsp3) is 0.538. The Kier molecular flexibility index (Phi) is 5.63. The van der Waals surface area contributed by atoms with Gasteiger partial charge in [-0.05, 0) is 52.2 Å². The summed E-state index contributed by atoms with van der Waals surface area (Å²) in [4.78, 5) is 0. The predicted octanol–water partition coefficient (Wildman–Crippen LogP) is 4.33. The standard InChI is InChI=1S/C13H15BrF3NOS/c14-11-6-9(3-4-12(11)19-13(15,16)17)7-18-8-10-2-1-5-20-10/h3-4,6,10,18H,1-2,5,7-8H2. The van der Waals surface area contributed by atoms with Crippen molar-refractivity contribution < 1.29 is 17.9 Å². The lowest BCUT2D eigenvalue weighted by molar-refractivity contribution is -0.274. The van der Waals surface area contributed by atoms with Crippen LogP contribution in [0.4, 0.5) is 13.2 Å². The topological polar surface area (TPSA) is 21.3 Å². The molecule has 2 nitrogen and oxygen atoms in total. The number of alkyl halides is 3. The molecule has 2 rings (SSSR count). The second kappa shape index (κ2) is 7.04. The Morgan fingerprint density at radius 2 is 2.20 bits per heavy atom. The van der Waals surface area contributed by atoms with Crippen LogP contribution in [0, 0.1) is 0 Å². The van der Waals surface area contributed by atoms with E-state index in [0.29, 0.717) is 16.3 Å². The van der Waals surface area contributed by atoms with E-state index >= 15 is 0 Å². The van der Waals surface area contributed by atoms with Crippen LogP contribution in [0.5, 0.6) is 5.75 Å². The highest BCUT2D eigenvalue weighted by Crippen LogP contribution is 2.31. The summed E-state index contributed by atoms with van der Waals surface area (Å²) in [6.07, 6.45) is -2.16. The number of ether oxygens (including phenoxy) is 1. The molecule has 0 aromatic heterocycles. The number of hydrogen-bond donors (Lipinski definition) is 1. The highest BCUT2D eigenvalue weighted by Gasteiger charge is 2.31. The van der Waals surface area contributed by atoms with Crippen LogP contribution >= 0.6 is 27.7 Å². The van der Waals surface area contributed by atoms with Crippen LogP contribution in [-0.4, -0.2) is 23.9 Å². The van der Waals surface area contributed by atoms with E-state index in [1.54, 1.807) is 12.1 Å².